The van der Waals surface area contributed by atoms with Crippen LogP contribution in [0.5, 0.6) is 0 Å². The van der Waals surface area contributed by atoms with Crippen LogP contribution in [0.15, 0.2) is 54.6 Å². The third-order valence-corrected chi connectivity index (χ3v) is 6.46. The number of nitrogens with zero attached hydrogens (tertiary/aromatic N) is 2. The molecule has 0 saturated heterocycles. The molecule has 1 N–H and O–H groups in total. The normalized spacial score (nSPS) is 11.3. The number of carbonyl (C=O) groups excluding carboxylic acids is 1. The fraction of sp³-hybridized carbons (Fsp3) is 0.211. The maximum absolute atomic E-state index is 12.2. The minimum atomic E-state index is -3.60. The number of amides is 1. The maximum Gasteiger partial charge on any atom is 0.241 e. The molecule has 0 aliphatic heterocycles. The number of benzene rings is 2. The van der Waals surface area contributed by atoms with Gasteiger partial charge in [-0.05, 0) is 29.7 Å². The third kappa shape index (κ3) is 6.40. The van der Waals surface area contributed by atoms with Gasteiger partial charge in [-0.3, -0.25) is 10.1 Å². The summed E-state index contributed by atoms with van der Waals surface area (Å²) in [6.45, 7) is 0. The zero-order valence-electron chi connectivity index (χ0n) is 14.8. The second kappa shape index (κ2) is 9.27. The summed E-state index contributed by atoms with van der Waals surface area (Å²) in [5.74, 6) is -1.47. The van der Waals surface area contributed by atoms with Gasteiger partial charge in [0, 0.05) is 11.4 Å². The predicted octanol–water partition coefficient (Wildman–Crippen LogP) is 3.53. The van der Waals surface area contributed by atoms with E-state index in [1.165, 1.54) is 16.9 Å². The Morgan fingerprint density at radius 1 is 0.964 bits per heavy atom. The molecular weight excluding hydrogens is 418 g/mol. The number of aryl methyl sites for hydroxylation is 2. The zero-order chi connectivity index (χ0) is 20.0. The first-order chi connectivity index (χ1) is 13.4. The highest BCUT2D eigenvalue weighted by Crippen LogP contribution is 2.18. The van der Waals surface area contributed by atoms with E-state index in [4.69, 9.17) is 11.6 Å². The van der Waals surface area contributed by atoms with Crippen LogP contribution in [0, 0.1) is 0 Å². The van der Waals surface area contributed by atoms with Crippen LogP contribution in [0.1, 0.15) is 16.1 Å². The van der Waals surface area contributed by atoms with Crippen LogP contribution in [0.25, 0.3) is 0 Å². The van der Waals surface area contributed by atoms with Crippen molar-refractivity contribution in [2.75, 3.05) is 11.1 Å². The lowest BCUT2D eigenvalue weighted by Crippen LogP contribution is -2.23. The van der Waals surface area contributed by atoms with Crippen molar-refractivity contribution in [3.8, 4) is 0 Å². The lowest BCUT2D eigenvalue weighted by Gasteiger charge is -2.04. The second-order valence-corrected chi connectivity index (χ2v) is 9.76. The molecule has 0 spiro atoms. The Labute approximate surface area is 172 Å². The van der Waals surface area contributed by atoms with Crippen molar-refractivity contribution in [1.29, 1.82) is 0 Å². The molecule has 28 heavy (non-hydrogen) atoms. The number of rotatable bonds is 8. The van der Waals surface area contributed by atoms with E-state index in [-0.39, 0.29) is 5.75 Å². The Kier molecular flexibility index (Phi) is 6.77. The van der Waals surface area contributed by atoms with Gasteiger partial charge < -0.3 is 0 Å². The maximum atomic E-state index is 12.2. The van der Waals surface area contributed by atoms with Crippen molar-refractivity contribution >= 4 is 43.8 Å². The molecule has 0 aliphatic carbocycles. The molecule has 1 aromatic heterocycles. The molecule has 0 aliphatic rings. The summed E-state index contributed by atoms with van der Waals surface area (Å²) in [5.41, 5.74) is 1.77. The van der Waals surface area contributed by atoms with Crippen LogP contribution in [0.4, 0.5) is 5.13 Å². The molecule has 0 bridgehead atoms. The van der Waals surface area contributed by atoms with Crippen LogP contribution < -0.4 is 5.32 Å². The SMILES string of the molecule is O=C(CS(=O)(=O)Cc1ccc(Cl)cc1)Nc1nnc(CCc2ccccc2)s1. The first-order valence-corrected chi connectivity index (χ1v) is 11.5. The van der Waals surface area contributed by atoms with Gasteiger partial charge in [0.25, 0.3) is 0 Å². The lowest BCUT2D eigenvalue weighted by atomic mass is 10.1. The van der Waals surface area contributed by atoms with E-state index in [9.17, 15) is 13.2 Å². The highest BCUT2D eigenvalue weighted by atomic mass is 35.5. The highest BCUT2D eigenvalue weighted by molar-refractivity contribution is 7.91. The molecule has 0 saturated carbocycles. The van der Waals surface area contributed by atoms with E-state index in [1.54, 1.807) is 24.3 Å². The van der Waals surface area contributed by atoms with E-state index in [1.807, 2.05) is 30.3 Å². The van der Waals surface area contributed by atoms with Gasteiger partial charge in [-0.25, -0.2) is 8.42 Å². The van der Waals surface area contributed by atoms with Gasteiger partial charge in [0.1, 0.15) is 10.8 Å². The van der Waals surface area contributed by atoms with Crippen molar-refractivity contribution in [2.24, 2.45) is 0 Å². The first-order valence-electron chi connectivity index (χ1n) is 8.51. The monoisotopic (exact) mass is 435 g/mol. The van der Waals surface area contributed by atoms with E-state index < -0.39 is 21.5 Å². The van der Waals surface area contributed by atoms with Crippen molar-refractivity contribution < 1.29 is 13.2 Å². The third-order valence-electron chi connectivity index (χ3n) is 3.83. The Hall–Kier alpha value is -2.29. The van der Waals surface area contributed by atoms with Crippen LogP contribution in [-0.2, 0) is 33.2 Å². The Morgan fingerprint density at radius 2 is 1.68 bits per heavy atom. The summed E-state index contributed by atoms with van der Waals surface area (Å²) in [6.07, 6.45) is 1.52. The van der Waals surface area contributed by atoms with Crippen molar-refractivity contribution in [3.05, 3.63) is 75.8 Å². The molecule has 2 aromatic carbocycles. The number of hydrogen-bond donors (Lipinski definition) is 1. The highest BCUT2D eigenvalue weighted by Gasteiger charge is 2.19. The van der Waals surface area contributed by atoms with Crippen LogP contribution in [0.2, 0.25) is 5.02 Å². The predicted molar refractivity (Wildman–Crippen MR) is 111 cm³/mol. The van der Waals surface area contributed by atoms with Crippen LogP contribution >= 0.6 is 22.9 Å². The average molecular weight is 436 g/mol. The molecule has 9 heteroatoms. The molecule has 0 radical (unpaired) electrons. The molecule has 6 nitrogen and oxygen atoms in total. The number of halogens is 1. The van der Waals surface area contributed by atoms with Gasteiger partial charge in [0.2, 0.25) is 11.0 Å². The zero-order valence-corrected chi connectivity index (χ0v) is 17.2. The summed E-state index contributed by atoms with van der Waals surface area (Å²) >= 11 is 7.04. The van der Waals surface area contributed by atoms with Gasteiger partial charge >= 0.3 is 0 Å². The largest absolute Gasteiger partial charge is 0.300 e. The van der Waals surface area contributed by atoms with Gasteiger partial charge in [-0.1, -0.05) is 65.4 Å². The van der Waals surface area contributed by atoms with Crippen LogP contribution in [0.3, 0.4) is 0 Å². The lowest BCUT2D eigenvalue weighted by molar-refractivity contribution is -0.113. The Bertz CT molecular complexity index is 1040. The molecule has 1 amide bonds. The molecule has 1 heterocycles. The van der Waals surface area contributed by atoms with Gasteiger partial charge in [0.05, 0.1) is 5.75 Å². The quantitative estimate of drug-likeness (QED) is 0.584. The van der Waals surface area contributed by atoms with Gasteiger partial charge in [-0.2, -0.15) is 0 Å². The number of carbonyl (C=O) groups is 1. The fourth-order valence-corrected chi connectivity index (χ4v) is 4.70. The van der Waals surface area contributed by atoms with Gasteiger partial charge in [0.15, 0.2) is 9.84 Å². The number of aromatic nitrogens is 2. The second-order valence-electron chi connectivity index (χ2n) is 6.19. The van der Waals surface area contributed by atoms with Crippen molar-refractivity contribution in [1.82, 2.24) is 10.2 Å². The molecule has 3 rings (SSSR count). The number of nitrogens with one attached hydrogen (secondary N) is 1. The minimum Gasteiger partial charge on any atom is -0.300 e. The molecular formula is C19H18ClN3O3S2. The molecule has 0 fully saturated rings. The number of sulfone groups is 1. The molecule has 3 aromatic rings. The van der Waals surface area contributed by atoms with E-state index >= 15 is 0 Å². The van der Waals surface area contributed by atoms with E-state index in [0.29, 0.717) is 22.1 Å². The average Bonchev–Trinajstić information content (AvgIpc) is 3.09. The standard InChI is InChI=1S/C19H18ClN3O3S2/c20-16-9-6-15(7-10-16)12-28(25,26)13-17(24)21-19-23-22-18(27-19)11-8-14-4-2-1-3-5-14/h1-7,9-10H,8,11-13H2,(H,21,23,24). The Balaban J connectivity index is 1.51. The van der Waals surface area contributed by atoms with Crippen LogP contribution in [-0.4, -0.2) is 30.3 Å². The Morgan fingerprint density at radius 3 is 2.39 bits per heavy atom. The molecule has 146 valence electrons. The fourth-order valence-electron chi connectivity index (χ4n) is 2.54. The minimum absolute atomic E-state index is 0.226. The molecule has 0 unspecified atom stereocenters. The first kappa shape index (κ1) is 20.4. The summed E-state index contributed by atoms with van der Waals surface area (Å²) in [7, 11) is -3.60. The van der Waals surface area contributed by atoms with Crippen molar-refractivity contribution in [3.63, 3.8) is 0 Å². The number of anilines is 1. The topological polar surface area (TPSA) is 89.0 Å². The van der Waals surface area contributed by atoms with Crippen molar-refractivity contribution in [2.45, 2.75) is 18.6 Å². The van der Waals surface area contributed by atoms with E-state index in [0.717, 1.165) is 11.4 Å². The number of hydrogen-bond acceptors (Lipinski definition) is 6. The summed E-state index contributed by atoms with van der Waals surface area (Å²) in [5, 5.41) is 12.1. The molecule has 0 atom stereocenters. The summed E-state index contributed by atoms with van der Waals surface area (Å²) < 4.78 is 24.4. The smallest absolute Gasteiger partial charge is 0.241 e. The summed E-state index contributed by atoms with van der Waals surface area (Å²) in [6, 6.07) is 16.5. The van der Waals surface area contributed by atoms with E-state index in [2.05, 4.69) is 15.5 Å². The van der Waals surface area contributed by atoms with Gasteiger partial charge in [-0.15, -0.1) is 10.2 Å². The summed E-state index contributed by atoms with van der Waals surface area (Å²) in [4.78, 5) is 12.1.